The Morgan fingerprint density at radius 3 is 2.70 bits per heavy atom. The van der Waals surface area contributed by atoms with Gasteiger partial charge in [-0.1, -0.05) is 23.8 Å². The summed E-state index contributed by atoms with van der Waals surface area (Å²) in [4.78, 5) is 17.0. The quantitative estimate of drug-likeness (QED) is 0.553. The van der Waals surface area contributed by atoms with E-state index < -0.39 is 0 Å². The Balaban J connectivity index is 1.60. The number of carbonyl (C=O) groups is 1. The number of carbonyl (C=O) groups excluding carboxylic acids is 1. The number of nitrogens with one attached hydrogen (secondary N) is 1. The van der Waals surface area contributed by atoms with E-state index in [-0.39, 0.29) is 5.91 Å². The second kappa shape index (κ2) is 6.96. The fraction of sp³-hybridized carbons (Fsp3) is 0.0909. The molecule has 5 nitrogen and oxygen atoms in total. The average Bonchev–Trinajstić information content (AvgIpc) is 3.11. The van der Waals surface area contributed by atoms with Gasteiger partial charge in [-0.3, -0.25) is 4.79 Å². The predicted octanol–water partition coefficient (Wildman–Crippen LogP) is 5.06. The summed E-state index contributed by atoms with van der Waals surface area (Å²) in [6.45, 7) is 2.03. The van der Waals surface area contributed by atoms with Crippen molar-refractivity contribution in [2.24, 2.45) is 0 Å². The van der Waals surface area contributed by atoms with Crippen LogP contribution >= 0.6 is 0 Å². The van der Waals surface area contributed by atoms with Gasteiger partial charge in [-0.15, -0.1) is 0 Å². The van der Waals surface area contributed by atoms with E-state index in [4.69, 9.17) is 9.15 Å². The largest absolute Gasteiger partial charge is 0.497 e. The zero-order chi connectivity index (χ0) is 18.8. The molecule has 4 rings (SSSR count). The normalized spacial score (nSPS) is 10.7. The van der Waals surface area contributed by atoms with Crippen molar-refractivity contribution >= 4 is 22.7 Å². The van der Waals surface area contributed by atoms with Gasteiger partial charge in [0.1, 0.15) is 11.3 Å². The van der Waals surface area contributed by atoms with Gasteiger partial charge in [0.05, 0.1) is 7.11 Å². The minimum absolute atomic E-state index is 0.212. The first-order valence-electron chi connectivity index (χ1n) is 8.55. The fourth-order valence-corrected chi connectivity index (χ4v) is 2.87. The minimum Gasteiger partial charge on any atom is -0.497 e. The van der Waals surface area contributed by atoms with Crippen LogP contribution in [0.15, 0.2) is 71.1 Å². The van der Waals surface area contributed by atoms with Crippen LogP contribution in [0.1, 0.15) is 15.9 Å². The van der Waals surface area contributed by atoms with E-state index in [9.17, 15) is 4.79 Å². The number of fused-ring (bicyclic) bond motifs is 1. The van der Waals surface area contributed by atoms with Crippen molar-refractivity contribution in [3.8, 4) is 17.2 Å². The molecule has 1 aromatic heterocycles. The lowest BCUT2D eigenvalue weighted by Crippen LogP contribution is -2.11. The molecule has 3 aromatic carbocycles. The number of methoxy groups -OCH3 is 1. The van der Waals surface area contributed by atoms with Crippen LogP contribution in [-0.4, -0.2) is 18.0 Å². The standard InChI is InChI=1S/C22H18N2O3/c1-14-5-3-7-16(11-14)22-24-19-13-17(9-10-20(19)27-22)23-21(25)15-6-4-8-18(12-15)26-2/h3-13H,1-2H3,(H,23,25). The molecule has 0 bridgehead atoms. The van der Waals surface area contributed by atoms with E-state index in [0.717, 1.165) is 11.1 Å². The molecule has 0 aliphatic rings. The maximum absolute atomic E-state index is 12.5. The maximum atomic E-state index is 12.5. The lowest BCUT2D eigenvalue weighted by molar-refractivity contribution is 0.102. The number of benzene rings is 3. The summed E-state index contributed by atoms with van der Waals surface area (Å²) in [6.07, 6.45) is 0. The number of hydrogen-bond acceptors (Lipinski definition) is 4. The molecule has 0 unspecified atom stereocenters. The Morgan fingerprint density at radius 2 is 1.89 bits per heavy atom. The van der Waals surface area contributed by atoms with E-state index in [1.54, 1.807) is 43.5 Å². The van der Waals surface area contributed by atoms with Crippen molar-refractivity contribution in [2.45, 2.75) is 6.92 Å². The number of oxazole rings is 1. The summed E-state index contributed by atoms with van der Waals surface area (Å²) in [5.74, 6) is 0.984. The van der Waals surface area contributed by atoms with Gasteiger partial charge in [-0.25, -0.2) is 4.98 Å². The third-order valence-corrected chi connectivity index (χ3v) is 4.24. The molecular weight excluding hydrogens is 340 g/mol. The summed E-state index contributed by atoms with van der Waals surface area (Å²) >= 11 is 0. The molecule has 0 radical (unpaired) electrons. The first-order valence-corrected chi connectivity index (χ1v) is 8.55. The summed E-state index contributed by atoms with van der Waals surface area (Å²) < 4.78 is 11.0. The van der Waals surface area contributed by atoms with Crippen molar-refractivity contribution in [1.29, 1.82) is 0 Å². The predicted molar refractivity (Wildman–Crippen MR) is 105 cm³/mol. The van der Waals surface area contributed by atoms with Crippen molar-refractivity contribution < 1.29 is 13.9 Å². The molecule has 0 atom stereocenters. The minimum atomic E-state index is -0.212. The molecule has 0 spiro atoms. The van der Waals surface area contributed by atoms with E-state index in [1.807, 2.05) is 37.3 Å². The zero-order valence-electron chi connectivity index (χ0n) is 15.0. The smallest absolute Gasteiger partial charge is 0.255 e. The van der Waals surface area contributed by atoms with Gasteiger partial charge in [0.2, 0.25) is 5.89 Å². The fourth-order valence-electron chi connectivity index (χ4n) is 2.87. The summed E-state index contributed by atoms with van der Waals surface area (Å²) in [7, 11) is 1.57. The molecular formula is C22H18N2O3. The number of nitrogens with zero attached hydrogens (tertiary/aromatic N) is 1. The topological polar surface area (TPSA) is 64.4 Å². The van der Waals surface area contributed by atoms with E-state index in [1.165, 1.54) is 0 Å². The molecule has 1 amide bonds. The van der Waals surface area contributed by atoms with Gasteiger partial charge < -0.3 is 14.5 Å². The Labute approximate surface area is 156 Å². The Hall–Kier alpha value is -3.60. The van der Waals surface area contributed by atoms with Crippen LogP contribution in [0.25, 0.3) is 22.6 Å². The van der Waals surface area contributed by atoms with E-state index >= 15 is 0 Å². The van der Waals surface area contributed by atoms with Crippen molar-refractivity contribution in [3.05, 3.63) is 77.9 Å². The van der Waals surface area contributed by atoms with Crippen LogP contribution in [0.2, 0.25) is 0 Å². The molecule has 0 aliphatic carbocycles. The molecule has 27 heavy (non-hydrogen) atoms. The number of ether oxygens (including phenoxy) is 1. The van der Waals surface area contributed by atoms with Gasteiger partial charge in [-0.2, -0.15) is 0 Å². The monoisotopic (exact) mass is 358 g/mol. The van der Waals surface area contributed by atoms with Crippen LogP contribution in [0, 0.1) is 6.92 Å². The summed E-state index contributed by atoms with van der Waals surface area (Å²) in [5, 5.41) is 2.88. The molecule has 0 aliphatic heterocycles. The first kappa shape index (κ1) is 16.8. The molecule has 4 aromatic rings. The Bertz CT molecular complexity index is 1130. The lowest BCUT2D eigenvalue weighted by Gasteiger charge is -2.06. The second-order valence-corrected chi connectivity index (χ2v) is 6.26. The van der Waals surface area contributed by atoms with Crippen LogP contribution in [0.5, 0.6) is 5.75 Å². The van der Waals surface area contributed by atoms with Gasteiger partial charge in [0.25, 0.3) is 5.91 Å². The number of anilines is 1. The molecule has 134 valence electrons. The number of aromatic nitrogens is 1. The van der Waals surface area contributed by atoms with E-state index in [0.29, 0.717) is 34.0 Å². The molecule has 1 heterocycles. The average molecular weight is 358 g/mol. The summed E-state index contributed by atoms with van der Waals surface area (Å²) in [6, 6.07) is 20.4. The van der Waals surface area contributed by atoms with Gasteiger partial charge in [0.15, 0.2) is 5.58 Å². The highest BCUT2D eigenvalue weighted by atomic mass is 16.5. The lowest BCUT2D eigenvalue weighted by atomic mass is 10.1. The second-order valence-electron chi connectivity index (χ2n) is 6.26. The Morgan fingerprint density at radius 1 is 1.04 bits per heavy atom. The number of rotatable bonds is 4. The highest BCUT2D eigenvalue weighted by molar-refractivity contribution is 6.05. The van der Waals surface area contributed by atoms with Gasteiger partial charge >= 0.3 is 0 Å². The Kier molecular flexibility index (Phi) is 4.34. The van der Waals surface area contributed by atoms with Crippen LogP contribution in [0.4, 0.5) is 5.69 Å². The van der Waals surface area contributed by atoms with Crippen molar-refractivity contribution in [3.63, 3.8) is 0 Å². The maximum Gasteiger partial charge on any atom is 0.255 e. The van der Waals surface area contributed by atoms with Crippen LogP contribution in [0.3, 0.4) is 0 Å². The third-order valence-electron chi connectivity index (χ3n) is 4.24. The van der Waals surface area contributed by atoms with Crippen LogP contribution in [-0.2, 0) is 0 Å². The van der Waals surface area contributed by atoms with Crippen LogP contribution < -0.4 is 10.1 Å². The number of hydrogen-bond donors (Lipinski definition) is 1. The molecule has 0 saturated heterocycles. The number of amides is 1. The molecule has 1 N–H and O–H groups in total. The third kappa shape index (κ3) is 3.53. The SMILES string of the molecule is COc1cccc(C(=O)Nc2ccc3oc(-c4cccc(C)c4)nc3c2)c1. The highest BCUT2D eigenvalue weighted by Gasteiger charge is 2.11. The first-order chi connectivity index (χ1) is 13.1. The van der Waals surface area contributed by atoms with E-state index in [2.05, 4.69) is 10.3 Å². The van der Waals surface area contributed by atoms with Gasteiger partial charge in [0, 0.05) is 16.8 Å². The number of aryl methyl sites for hydroxylation is 1. The molecule has 0 fully saturated rings. The highest BCUT2D eigenvalue weighted by Crippen LogP contribution is 2.27. The van der Waals surface area contributed by atoms with Crippen molar-refractivity contribution in [1.82, 2.24) is 4.98 Å². The summed E-state index contributed by atoms with van der Waals surface area (Å²) in [5.41, 5.74) is 4.60. The molecule has 0 saturated carbocycles. The van der Waals surface area contributed by atoms with Gasteiger partial charge in [-0.05, 0) is 55.5 Å². The molecule has 5 heteroatoms. The zero-order valence-corrected chi connectivity index (χ0v) is 15.0. The van der Waals surface area contributed by atoms with Crippen molar-refractivity contribution in [2.75, 3.05) is 12.4 Å².